The third-order valence-corrected chi connectivity index (χ3v) is 6.50. The van der Waals surface area contributed by atoms with Crippen molar-refractivity contribution in [3.8, 4) is 11.5 Å². The number of phenols is 1. The van der Waals surface area contributed by atoms with Crippen LogP contribution in [0.25, 0.3) is 6.08 Å². The van der Waals surface area contributed by atoms with Gasteiger partial charge in [0.2, 0.25) is 0 Å². The number of thioether (sulfide) groups is 1. The van der Waals surface area contributed by atoms with Gasteiger partial charge in [0.05, 0.1) is 22.8 Å². The molecule has 35 heavy (non-hydrogen) atoms. The molecule has 2 amide bonds. The Kier molecular flexibility index (Phi) is 7.53. The van der Waals surface area contributed by atoms with E-state index < -0.39 is 11.1 Å². The predicted molar refractivity (Wildman–Crippen MR) is 138 cm³/mol. The van der Waals surface area contributed by atoms with Crippen LogP contribution in [-0.2, 0) is 4.79 Å². The fourth-order valence-corrected chi connectivity index (χ4v) is 4.22. The molecular formula is C26H22ClN3O4S. The number of carbonyl (C=O) groups excluding carboxylic acids is 2. The minimum atomic E-state index is -0.443. The lowest BCUT2D eigenvalue weighted by molar-refractivity contribution is -0.123. The number of ether oxygens (including phenoxy) is 1. The number of carbonyl (C=O) groups is 2. The number of halogens is 1. The van der Waals surface area contributed by atoms with E-state index >= 15 is 0 Å². The average Bonchev–Trinajstić information content (AvgIpc) is 3.10. The normalized spacial score (nSPS) is 14.9. The fourth-order valence-electron chi connectivity index (χ4n) is 3.24. The van der Waals surface area contributed by atoms with E-state index in [1.165, 1.54) is 17.7 Å². The van der Waals surface area contributed by atoms with Crippen molar-refractivity contribution < 1.29 is 19.4 Å². The molecule has 0 aliphatic carbocycles. The van der Waals surface area contributed by atoms with E-state index in [4.69, 9.17) is 16.3 Å². The molecule has 0 bridgehead atoms. The van der Waals surface area contributed by atoms with Gasteiger partial charge < -0.3 is 9.84 Å². The van der Waals surface area contributed by atoms with E-state index in [2.05, 4.69) is 10.2 Å². The van der Waals surface area contributed by atoms with E-state index in [1.807, 2.05) is 32.0 Å². The van der Waals surface area contributed by atoms with Crippen LogP contribution in [0.3, 0.4) is 0 Å². The van der Waals surface area contributed by atoms with E-state index in [0.29, 0.717) is 27.7 Å². The Hall–Kier alpha value is -3.62. The molecule has 3 aromatic carbocycles. The highest BCUT2D eigenvalue weighted by molar-refractivity contribution is 8.18. The number of benzene rings is 3. The molecule has 3 aromatic rings. The Labute approximate surface area is 212 Å². The monoisotopic (exact) mass is 507 g/mol. The largest absolute Gasteiger partial charge is 0.507 e. The molecule has 0 atom stereocenters. The molecule has 178 valence electrons. The van der Waals surface area contributed by atoms with Crippen molar-refractivity contribution in [3.63, 3.8) is 0 Å². The van der Waals surface area contributed by atoms with Crippen molar-refractivity contribution >= 4 is 52.0 Å². The van der Waals surface area contributed by atoms with Crippen LogP contribution in [0, 0.1) is 13.8 Å². The van der Waals surface area contributed by atoms with Gasteiger partial charge in [-0.2, -0.15) is 10.2 Å². The average molecular weight is 508 g/mol. The number of nitrogens with zero attached hydrogens (tertiary/aromatic N) is 3. The smallest absolute Gasteiger partial charge is 0.293 e. The number of azo groups is 1. The molecule has 1 saturated heterocycles. The summed E-state index contributed by atoms with van der Waals surface area (Å²) in [6.07, 6.45) is 1.48. The summed E-state index contributed by atoms with van der Waals surface area (Å²) in [7, 11) is 0. The van der Waals surface area contributed by atoms with Gasteiger partial charge in [-0.25, -0.2) is 0 Å². The van der Waals surface area contributed by atoms with Gasteiger partial charge in [0, 0.05) is 10.6 Å². The SMILES string of the molecule is Cc1ccc(N=Nc2ccc(O)c(/C=C3\SC(=O)N(CCOc4ccc(Cl)cc4)C3=O)c2)cc1C. The van der Waals surface area contributed by atoms with Crippen molar-refractivity contribution in [1.29, 1.82) is 0 Å². The molecule has 1 N–H and O–H groups in total. The van der Waals surface area contributed by atoms with Gasteiger partial charge in [0.25, 0.3) is 11.1 Å². The van der Waals surface area contributed by atoms with E-state index in [9.17, 15) is 14.7 Å². The van der Waals surface area contributed by atoms with Crippen LogP contribution < -0.4 is 4.74 Å². The van der Waals surface area contributed by atoms with Crippen LogP contribution in [0.4, 0.5) is 16.2 Å². The Morgan fingerprint density at radius 2 is 1.66 bits per heavy atom. The van der Waals surface area contributed by atoms with Crippen LogP contribution in [0.5, 0.6) is 11.5 Å². The molecule has 0 spiro atoms. The van der Waals surface area contributed by atoms with Gasteiger partial charge >= 0.3 is 0 Å². The summed E-state index contributed by atoms with van der Waals surface area (Å²) in [4.78, 5) is 26.5. The molecule has 1 heterocycles. The highest BCUT2D eigenvalue weighted by atomic mass is 35.5. The molecule has 0 saturated carbocycles. The van der Waals surface area contributed by atoms with Crippen molar-refractivity contribution in [3.05, 3.63) is 87.3 Å². The molecular weight excluding hydrogens is 486 g/mol. The molecule has 1 aliphatic rings. The Balaban J connectivity index is 1.45. The van der Waals surface area contributed by atoms with Crippen molar-refractivity contribution in [2.45, 2.75) is 13.8 Å². The van der Waals surface area contributed by atoms with Crippen molar-refractivity contribution in [1.82, 2.24) is 4.90 Å². The van der Waals surface area contributed by atoms with E-state index in [1.54, 1.807) is 36.4 Å². The highest BCUT2D eigenvalue weighted by Crippen LogP contribution is 2.35. The zero-order chi connectivity index (χ0) is 24.9. The van der Waals surface area contributed by atoms with Crippen LogP contribution >= 0.6 is 23.4 Å². The summed E-state index contributed by atoms with van der Waals surface area (Å²) in [6.45, 7) is 4.27. The summed E-state index contributed by atoms with van der Waals surface area (Å²) >= 11 is 6.67. The first kappa shape index (κ1) is 24.5. The summed E-state index contributed by atoms with van der Waals surface area (Å²) in [6, 6.07) is 17.3. The minimum Gasteiger partial charge on any atom is -0.507 e. The number of phenolic OH excluding ortho intramolecular Hbond substituents is 1. The number of hydrogen-bond donors (Lipinski definition) is 1. The Bertz CT molecular complexity index is 1340. The third kappa shape index (κ3) is 6.09. The summed E-state index contributed by atoms with van der Waals surface area (Å²) in [5, 5.41) is 19.0. The van der Waals surface area contributed by atoms with Gasteiger partial charge in [0.1, 0.15) is 18.1 Å². The number of hydrogen-bond acceptors (Lipinski definition) is 7. The molecule has 0 radical (unpaired) electrons. The summed E-state index contributed by atoms with van der Waals surface area (Å²) < 4.78 is 5.59. The molecule has 7 nitrogen and oxygen atoms in total. The first-order valence-electron chi connectivity index (χ1n) is 10.8. The van der Waals surface area contributed by atoms with Gasteiger partial charge in [-0.15, -0.1) is 0 Å². The number of rotatable bonds is 7. The fraction of sp³-hybridized carbons (Fsp3) is 0.154. The summed E-state index contributed by atoms with van der Waals surface area (Å²) in [5.74, 6) is 0.114. The van der Waals surface area contributed by atoms with Crippen LogP contribution in [0.1, 0.15) is 16.7 Å². The zero-order valence-electron chi connectivity index (χ0n) is 19.1. The number of amides is 2. The maximum absolute atomic E-state index is 12.8. The lowest BCUT2D eigenvalue weighted by Crippen LogP contribution is -2.32. The Morgan fingerprint density at radius 1 is 0.971 bits per heavy atom. The van der Waals surface area contributed by atoms with Crippen molar-refractivity contribution in [2.24, 2.45) is 10.2 Å². The van der Waals surface area contributed by atoms with Crippen LogP contribution in [0.15, 0.2) is 75.8 Å². The van der Waals surface area contributed by atoms with Gasteiger partial charge in [-0.3, -0.25) is 14.5 Å². The van der Waals surface area contributed by atoms with E-state index in [0.717, 1.165) is 22.2 Å². The van der Waals surface area contributed by atoms with E-state index in [-0.39, 0.29) is 23.8 Å². The first-order chi connectivity index (χ1) is 16.8. The quantitative estimate of drug-likeness (QED) is 0.270. The van der Waals surface area contributed by atoms with Crippen LogP contribution in [-0.4, -0.2) is 34.3 Å². The minimum absolute atomic E-state index is 0.0343. The maximum Gasteiger partial charge on any atom is 0.293 e. The highest BCUT2D eigenvalue weighted by Gasteiger charge is 2.35. The van der Waals surface area contributed by atoms with Gasteiger partial charge in [-0.05, 0) is 97.4 Å². The first-order valence-corrected chi connectivity index (χ1v) is 12.0. The lowest BCUT2D eigenvalue weighted by Gasteiger charge is -2.13. The Morgan fingerprint density at radius 3 is 2.37 bits per heavy atom. The lowest BCUT2D eigenvalue weighted by atomic mass is 10.1. The topological polar surface area (TPSA) is 91.6 Å². The molecule has 0 aromatic heterocycles. The molecule has 1 aliphatic heterocycles. The number of imide groups is 1. The summed E-state index contributed by atoms with van der Waals surface area (Å²) in [5.41, 5.74) is 3.86. The molecule has 1 fully saturated rings. The van der Waals surface area contributed by atoms with Crippen molar-refractivity contribution in [2.75, 3.05) is 13.2 Å². The maximum atomic E-state index is 12.8. The second-order valence-corrected chi connectivity index (χ2v) is 9.28. The molecule has 9 heteroatoms. The van der Waals surface area contributed by atoms with Crippen LogP contribution in [0.2, 0.25) is 5.02 Å². The number of aryl methyl sites for hydroxylation is 2. The predicted octanol–water partition coefficient (Wildman–Crippen LogP) is 7.19. The van der Waals surface area contributed by atoms with Gasteiger partial charge in [0.15, 0.2) is 0 Å². The van der Waals surface area contributed by atoms with Gasteiger partial charge in [-0.1, -0.05) is 17.7 Å². The molecule has 0 unspecified atom stereocenters. The second kappa shape index (κ2) is 10.8. The molecule has 4 rings (SSSR count). The number of aromatic hydroxyl groups is 1. The standard InChI is InChI=1S/C26H22ClN3O4S/c1-16-3-6-20(13-17(16)2)28-29-21-7-10-23(31)18(14-21)15-24-25(32)30(26(33)35-24)11-12-34-22-8-4-19(27)5-9-22/h3-10,13-15,31H,11-12H2,1-2H3/b24-15-,29-28?. The second-order valence-electron chi connectivity index (χ2n) is 7.85. The zero-order valence-corrected chi connectivity index (χ0v) is 20.6. The third-order valence-electron chi connectivity index (χ3n) is 5.34.